The number of hydrogen-bond donors (Lipinski definition) is 1. The summed E-state index contributed by atoms with van der Waals surface area (Å²) in [6, 6.07) is 4.56. The Labute approximate surface area is 130 Å². The summed E-state index contributed by atoms with van der Waals surface area (Å²) in [5, 5.41) is 0.390. The zero-order chi connectivity index (χ0) is 15.8. The van der Waals surface area contributed by atoms with Gasteiger partial charge in [-0.25, -0.2) is 0 Å². The number of halogens is 1. The van der Waals surface area contributed by atoms with Gasteiger partial charge in [-0.05, 0) is 31.0 Å². The van der Waals surface area contributed by atoms with Crippen LogP contribution in [-0.2, 0) is 4.79 Å². The van der Waals surface area contributed by atoms with Gasteiger partial charge in [0.25, 0.3) is 11.8 Å². The van der Waals surface area contributed by atoms with Crippen molar-refractivity contribution in [3.8, 4) is 5.75 Å². The largest absolute Gasteiger partial charge is 0.483 e. The number of nitrogens with two attached hydrogens (primary N) is 1. The lowest BCUT2D eigenvalue weighted by Crippen LogP contribution is -2.36. The van der Waals surface area contributed by atoms with E-state index in [4.69, 9.17) is 22.1 Å². The molecule has 0 heterocycles. The quantitative estimate of drug-likeness (QED) is 0.801. The van der Waals surface area contributed by atoms with Crippen molar-refractivity contribution in [2.45, 2.75) is 26.7 Å². The molecule has 0 spiro atoms. The Morgan fingerprint density at radius 3 is 2.38 bits per heavy atom. The van der Waals surface area contributed by atoms with Gasteiger partial charge in [0.2, 0.25) is 0 Å². The van der Waals surface area contributed by atoms with E-state index >= 15 is 0 Å². The van der Waals surface area contributed by atoms with Crippen LogP contribution in [0, 0.1) is 0 Å². The highest BCUT2D eigenvalue weighted by molar-refractivity contribution is 6.31. The number of rotatable bonds is 8. The molecular formula is C15H21ClN2O3. The summed E-state index contributed by atoms with van der Waals surface area (Å²) in [4.78, 5) is 25.2. The number of benzene rings is 1. The molecule has 2 amide bonds. The number of ether oxygens (including phenoxy) is 1. The first-order valence-electron chi connectivity index (χ1n) is 6.99. The second kappa shape index (κ2) is 8.52. The third-order valence-electron chi connectivity index (χ3n) is 2.90. The third-order valence-corrected chi connectivity index (χ3v) is 3.13. The Morgan fingerprint density at radius 1 is 1.24 bits per heavy atom. The van der Waals surface area contributed by atoms with Crippen molar-refractivity contribution in [1.29, 1.82) is 0 Å². The number of amides is 2. The topological polar surface area (TPSA) is 72.6 Å². The standard InChI is InChI=1S/C15H21ClN2O3/c1-3-7-18(8-4-2)14(19)10-21-13-6-5-11(16)9-12(13)15(17)20/h5-6,9H,3-4,7-8,10H2,1-2H3,(H2,17,20). The van der Waals surface area contributed by atoms with Gasteiger partial charge in [-0.1, -0.05) is 25.4 Å². The van der Waals surface area contributed by atoms with E-state index in [1.807, 2.05) is 13.8 Å². The normalized spacial score (nSPS) is 10.2. The summed E-state index contributed by atoms with van der Waals surface area (Å²) >= 11 is 5.82. The van der Waals surface area contributed by atoms with Gasteiger partial charge in [0.05, 0.1) is 5.56 Å². The summed E-state index contributed by atoms with van der Waals surface area (Å²) in [6.07, 6.45) is 1.78. The van der Waals surface area contributed by atoms with E-state index in [0.717, 1.165) is 12.8 Å². The average molecular weight is 313 g/mol. The Kier molecular flexibility index (Phi) is 7.02. The van der Waals surface area contributed by atoms with Crippen molar-refractivity contribution in [3.05, 3.63) is 28.8 Å². The van der Waals surface area contributed by atoms with Gasteiger partial charge in [0, 0.05) is 18.1 Å². The number of primary amides is 1. The van der Waals surface area contributed by atoms with Crippen molar-refractivity contribution < 1.29 is 14.3 Å². The molecule has 0 fully saturated rings. The smallest absolute Gasteiger partial charge is 0.260 e. The van der Waals surface area contributed by atoms with E-state index in [1.165, 1.54) is 6.07 Å². The van der Waals surface area contributed by atoms with Gasteiger partial charge in [-0.15, -0.1) is 0 Å². The molecule has 0 bridgehead atoms. The Hall–Kier alpha value is -1.75. The molecule has 0 aliphatic rings. The molecule has 0 saturated carbocycles. The molecule has 0 aliphatic heterocycles. The van der Waals surface area contributed by atoms with Crippen molar-refractivity contribution in [1.82, 2.24) is 4.90 Å². The Morgan fingerprint density at radius 2 is 1.86 bits per heavy atom. The molecule has 21 heavy (non-hydrogen) atoms. The van der Waals surface area contributed by atoms with Crippen LogP contribution in [-0.4, -0.2) is 36.4 Å². The predicted octanol–water partition coefficient (Wildman–Crippen LogP) is 2.47. The minimum Gasteiger partial charge on any atom is -0.483 e. The van der Waals surface area contributed by atoms with Crippen LogP contribution in [0.4, 0.5) is 0 Å². The van der Waals surface area contributed by atoms with Crippen molar-refractivity contribution in [2.24, 2.45) is 5.73 Å². The number of carbonyl (C=O) groups is 2. The summed E-state index contributed by atoms with van der Waals surface area (Å²) in [7, 11) is 0. The average Bonchev–Trinajstić information content (AvgIpc) is 2.45. The lowest BCUT2D eigenvalue weighted by molar-refractivity contribution is -0.133. The van der Waals surface area contributed by atoms with E-state index in [9.17, 15) is 9.59 Å². The fourth-order valence-electron chi connectivity index (χ4n) is 1.95. The predicted molar refractivity (Wildman–Crippen MR) is 82.6 cm³/mol. The molecule has 0 aliphatic carbocycles. The van der Waals surface area contributed by atoms with Crippen LogP contribution in [0.3, 0.4) is 0 Å². The van der Waals surface area contributed by atoms with Crippen LogP contribution in [0.25, 0.3) is 0 Å². The first-order valence-corrected chi connectivity index (χ1v) is 7.37. The Balaban J connectivity index is 2.74. The summed E-state index contributed by atoms with van der Waals surface area (Å²) < 4.78 is 5.44. The molecule has 1 aromatic rings. The minimum absolute atomic E-state index is 0.107. The summed E-state index contributed by atoms with van der Waals surface area (Å²) in [6.45, 7) is 5.29. The summed E-state index contributed by atoms with van der Waals surface area (Å²) in [5.41, 5.74) is 5.45. The molecule has 0 unspecified atom stereocenters. The Bertz CT molecular complexity index is 500. The molecule has 0 saturated heterocycles. The van der Waals surface area contributed by atoms with E-state index in [1.54, 1.807) is 17.0 Å². The highest BCUT2D eigenvalue weighted by Crippen LogP contribution is 2.22. The molecule has 1 aromatic carbocycles. The molecule has 1 rings (SSSR count). The van der Waals surface area contributed by atoms with Crippen molar-refractivity contribution in [3.63, 3.8) is 0 Å². The first-order chi connectivity index (χ1) is 9.99. The zero-order valence-corrected chi connectivity index (χ0v) is 13.2. The van der Waals surface area contributed by atoms with Gasteiger partial charge in [0.15, 0.2) is 6.61 Å². The fraction of sp³-hybridized carbons (Fsp3) is 0.467. The lowest BCUT2D eigenvalue weighted by atomic mass is 10.2. The van der Waals surface area contributed by atoms with Crippen LogP contribution in [0.1, 0.15) is 37.0 Å². The SMILES string of the molecule is CCCN(CCC)C(=O)COc1ccc(Cl)cc1C(N)=O. The monoisotopic (exact) mass is 312 g/mol. The van der Waals surface area contributed by atoms with Crippen molar-refractivity contribution >= 4 is 23.4 Å². The maximum absolute atomic E-state index is 12.1. The molecule has 0 radical (unpaired) electrons. The second-order valence-electron chi connectivity index (χ2n) is 4.67. The van der Waals surface area contributed by atoms with Crippen LogP contribution >= 0.6 is 11.6 Å². The number of carbonyl (C=O) groups excluding carboxylic acids is 2. The van der Waals surface area contributed by atoms with Gasteiger partial charge >= 0.3 is 0 Å². The number of hydrogen-bond acceptors (Lipinski definition) is 3. The summed E-state index contributed by atoms with van der Waals surface area (Å²) in [5.74, 6) is -0.476. The van der Waals surface area contributed by atoms with Gasteiger partial charge in [0.1, 0.15) is 5.75 Å². The maximum atomic E-state index is 12.1. The first kappa shape index (κ1) is 17.3. The van der Waals surface area contributed by atoms with Crippen LogP contribution < -0.4 is 10.5 Å². The van der Waals surface area contributed by atoms with E-state index in [-0.39, 0.29) is 23.8 Å². The third kappa shape index (κ3) is 5.27. The van der Waals surface area contributed by atoms with Crippen LogP contribution in [0.15, 0.2) is 18.2 Å². The lowest BCUT2D eigenvalue weighted by Gasteiger charge is -2.21. The molecule has 0 atom stereocenters. The minimum atomic E-state index is -0.640. The fourth-order valence-corrected chi connectivity index (χ4v) is 2.12. The molecule has 116 valence electrons. The van der Waals surface area contributed by atoms with E-state index < -0.39 is 5.91 Å². The van der Waals surface area contributed by atoms with Gasteiger partial charge < -0.3 is 15.4 Å². The highest BCUT2D eigenvalue weighted by atomic mass is 35.5. The van der Waals surface area contributed by atoms with Crippen LogP contribution in [0.2, 0.25) is 5.02 Å². The molecule has 5 nitrogen and oxygen atoms in total. The zero-order valence-electron chi connectivity index (χ0n) is 12.4. The molecule has 6 heteroatoms. The number of nitrogens with zero attached hydrogens (tertiary/aromatic N) is 1. The van der Waals surface area contributed by atoms with E-state index in [0.29, 0.717) is 18.1 Å². The van der Waals surface area contributed by atoms with Crippen LogP contribution in [0.5, 0.6) is 5.75 Å². The maximum Gasteiger partial charge on any atom is 0.260 e. The van der Waals surface area contributed by atoms with Gasteiger partial charge in [-0.2, -0.15) is 0 Å². The van der Waals surface area contributed by atoms with Gasteiger partial charge in [-0.3, -0.25) is 9.59 Å². The second-order valence-corrected chi connectivity index (χ2v) is 5.11. The molecule has 2 N–H and O–H groups in total. The highest BCUT2D eigenvalue weighted by Gasteiger charge is 2.15. The van der Waals surface area contributed by atoms with Crippen molar-refractivity contribution in [2.75, 3.05) is 19.7 Å². The van der Waals surface area contributed by atoms with E-state index in [2.05, 4.69) is 0 Å². The molecular weight excluding hydrogens is 292 g/mol. The molecule has 0 aromatic heterocycles.